The van der Waals surface area contributed by atoms with Crippen LogP contribution in [0, 0.1) is 12.8 Å². The van der Waals surface area contributed by atoms with Crippen molar-refractivity contribution in [1.82, 2.24) is 0 Å². The summed E-state index contributed by atoms with van der Waals surface area (Å²) in [6, 6.07) is 18.9. The zero-order valence-corrected chi connectivity index (χ0v) is 22.7. The first-order chi connectivity index (χ1) is 18.2. The van der Waals surface area contributed by atoms with Crippen molar-refractivity contribution < 1.29 is 27.8 Å². The summed E-state index contributed by atoms with van der Waals surface area (Å²) >= 11 is 0. The minimum atomic E-state index is -2.99. The number of benzene rings is 3. The van der Waals surface area contributed by atoms with Gasteiger partial charge in [-0.25, -0.2) is 8.42 Å². The molecule has 3 aromatic rings. The lowest BCUT2D eigenvalue weighted by molar-refractivity contribution is -0.138. The van der Waals surface area contributed by atoms with Crippen LogP contribution in [0.2, 0.25) is 0 Å². The minimum absolute atomic E-state index is 0.122. The molecule has 0 saturated heterocycles. The molecule has 0 spiro atoms. The maximum Gasteiger partial charge on any atom is 0.307 e. The number of hydrogen-bond donors (Lipinski definition) is 1. The quantitative estimate of drug-likeness (QED) is 0.351. The highest BCUT2D eigenvalue weighted by molar-refractivity contribution is 7.90. The molecule has 3 aromatic carbocycles. The van der Waals surface area contributed by atoms with Crippen molar-refractivity contribution in [2.45, 2.75) is 44.9 Å². The molecule has 0 aromatic heterocycles. The minimum Gasteiger partial charge on any atom is -0.494 e. The molecule has 7 heteroatoms. The zero-order valence-electron chi connectivity index (χ0n) is 21.9. The van der Waals surface area contributed by atoms with Crippen LogP contribution >= 0.6 is 0 Å². The van der Waals surface area contributed by atoms with Crippen LogP contribution < -0.4 is 9.47 Å². The molecule has 5 rings (SSSR count). The molecule has 2 atom stereocenters. The van der Waals surface area contributed by atoms with Crippen LogP contribution in [0.3, 0.4) is 0 Å². The van der Waals surface area contributed by atoms with Gasteiger partial charge in [-0.05, 0) is 96.2 Å². The second kappa shape index (κ2) is 10.8. The van der Waals surface area contributed by atoms with Crippen molar-refractivity contribution in [3.8, 4) is 22.6 Å². The lowest BCUT2D eigenvalue weighted by Crippen LogP contribution is -2.08. The molecule has 1 N–H and O–H groups in total. The Morgan fingerprint density at radius 2 is 1.79 bits per heavy atom. The van der Waals surface area contributed by atoms with Gasteiger partial charge in [0.25, 0.3) is 0 Å². The average Bonchev–Trinajstić information content (AvgIpc) is 3.69. The summed E-state index contributed by atoms with van der Waals surface area (Å²) in [5.74, 6) is 1.01. The number of carbonyl (C=O) groups is 1. The summed E-state index contributed by atoms with van der Waals surface area (Å²) in [6.45, 7) is 3.04. The number of carboxylic acid groups (broad SMARTS) is 1. The van der Waals surface area contributed by atoms with E-state index in [0.717, 1.165) is 53.9 Å². The molecule has 1 aliphatic heterocycles. The van der Waals surface area contributed by atoms with Gasteiger partial charge in [0.15, 0.2) is 0 Å². The van der Waals surface area contributed by atoms with Gasteiger partial charge in [-0.15, -0.1) is 0 Å². The smallest absolute Gasteiger partial charge is 0.307 e. The van der Waals surface area contributed by atoms with Gasteiger partial charge in [0, 0.05) is 18.2 Å². The number of carboxylic acids is 1. The van der Waals surface area contributed by atoms with Gasteiger partial charge >= 0.3 is 5.97 Å². The van der Waals surface area contributed by atoms with E-state index in [-0.39, 0.29) is 17.6 Å². The van der Waals surface area contributed by atoms with E-state index in [1.165, 1.54) is 28.5 Å². The molecular formula is C31H34O6S. The van der Waals surface area contributed by atoms with Gasteiger partial charge in [-0.1, -0.05) is 30.3 Å². The lowest BCUT2D eigenvalue weighted by Gasteiger charge is -2.16. The molecule has 6 nitrogen and oxygen atoms in total. The Labute approximate surface area is 224 Å². The summed E-state index contributed by atoms with van der Waals surface area (Å²) in [5.41, 5.74) is 8.16. The number of hydrogen-bond acceptors (Lipinski definition) is 5. The molecule has 1 fully saturated rings. The first-order valence-electron chi connectivity index (χ1n) is 13.2. The fourth-order valence-electron chi connectivity index (χ4n) is 5.38. The number of fused-ring (bicyclic) bond motifs is 3. The van der Waals surface area contributed by atoms with Gasteiger partial charge in [0.05, 0.1) is 24.9 Å². The van der Waals surface area contributed by atoms with Crippen LogP contribution in [-0.2, 0) is 33.9 Å². The highest BCUT2D eigenvalue weighted by Crippen LogP contribution is 2.47. The van der Waals surface area contributed by atoms with Gasteiger partial charge in [0.2, 0.25) is 0 Å². The van der Waals surface area contributed by atoms with Crippen molar-refractivity contribution in [1.29, 1.82) is 0 Å². The number of ether oxygens (including phenoxy) is 2. The van der Waals surface area contributed by atoms with Crippen molar-refractivity contribution in [2.24, 2.45) is 5.92 Å². The van der Waals surface area contributed by atoms with E-state index in [2.05, 4.69) is 55.5 Å². The summed E-state index contributed by atoms with van der Waals surface area (Å²) in [5, 5.41) is 9.18. The summed E-state index contributed by atoms with van der Waals surface area (Å²) in [7, 11) is -2.99. The van der Waals surface area contributed by atoms with Crippen molar-refractivity contribution in [2.75, 3.05) is 25.2 Å². The number of sulfone groups is 1. The first kappa shape index (κ1) is 26.3. The van der Waals surface area contributed by atoms with E-state index in [4.69, 9.17) is 9.47 Å². The standard InChI is InChI=1S/C31H34O6S/c1-20-16-25(36-13-3-15-38(2,34)35)18-24-12-14-37-29-11-8-22(17-28(29)30(20)24)5-4-21-6-9-23(10-7-21)26-19-27(26)31(32)33/h6-11,16-18,26-27H,3-5,12-15,19H2,1-2H3,(H,32,33)/t26-,27+/m1/s1. The predicted molar refractivity (Wildman–Crippen MR) is 148 cm³/mol. The SMILES string of the molecule is Cc1cc(OCCCS(C)(=O)=O)cc2c1-c1cc(CCc3ccc([C@H]4C[C@@H]4C(=O)O)cc3)ccc1OCC2. The van der Waals surface area contributed by atoms with E-state index in [1.807, 2.05) is 6.07 Å². The third-order valence-corrected chi connectivity index (χ3v) is 8.51. The Bertz CT molecular complexity index is 1440. The first-order valence-corrected chi connectivity index (χ1v) is 15.3. The van der Waals surface area contributed by atoms with Crippen LogP contribution in [0.25, 0.3) is 11.1 Å². The summed E-state index contributed by atoms with van der Waals surface area (Å²) in [4.78, 5) is 11.2. The average molecular weight is 535 g/mol. The number of aryl methyl sites for hydroxylation is 3. The Hall–Kier alpha value is -3.32. The van der Waals surface area contributed by atoms with Crippen LogP contribution in [0.15, 0.2) is 54.6 Å². The number of rotatable bonds is 10. The Morgan fingerprint density at radius 3 is 2.50 bits per heavy atom. The van der Waals surface area contributed by atoms with Crippen LogP contribution in [-0.4, -0.2) is 44.7 Å². The topological polar surface area (TPSA) is 89.9 Å². The van der Waals surface area contributed by atoms with Crippen LogP contribution in [0.5, 0.6) is 11.5 Å². The summed E-state index contributed by atoms with van der Waals surface area (Å²) in [6.07, 6.45) is 5.02. The van der Waals surface area contributed by atoms with E-state index < -0.39 is 15.8 Å². The summed E-state index contributed by atoms with van der Waals surface area (Å²) < 4.78 is 34.8. The van der Waals surface area contributed by atoms with Crippen molar-refractivity contribution >= 4 is 15.8 Å². The molecule has 1 saturated carbocycles. The third kappa shape index (κ3) is 6.21. The predicted octanol–water partition coefficient (Wildman–Crippen LogP) is 5.38. The Morgan fingerprint density at radius 1 is 1.05 bits per heavy atom. The molecule has 0 radical (unpaired) electrons. The Kier molecular flexibility index (Phi) is 7.48. The van der Waals surface area contributed by atoms with Crippen molar-refractivity contribution in [3.63, 3.8) is 0 Å². The van der Waals surface area contributed by atoms with E-state index in [9.17, 15) is 18.3 Å². The van der Waals surface area contributed by atoms with Gasteiger partial charge in [-0.2, -0.15) is 0 Å². The van der Waals surface area contributed by atoms with Gasteiger partial charge in [-0.3, -0.25) is 4.79 Å². The fourth-order valence-corrected chi connectivity index (χ4v) is 6.02. The maximum absolute atomic E-state index is 11.4. The molecule has 0 unspecified atom stereocenters. The molecule has 0 amide bonds. The van der Waals surface area contributed by atoms with Gasteiger partial charge in [0.1, 0.15) is 21.3 Å². The van der Waals surface area contributed by atoms with E-state index in [0.29, 0.717) is 19.6 Å². The number of aliphatic carboxylic acids is 1. The largest absolute Gasteiger partial charge is 0.494 e. The normalized spacial score (nSPS) is 18.1. The molecule has 2 aliphatic rings. The maximum atomic E-state index is 11.4. The lowest BCUT2D eigenvalue weighted by atomic mass is 9.91. The third-order valence-electron chi connectivity index (χ3n) is 7.48. The molecule has 200 valence electrons. The van der Waals surface area contributed by atoms with Crippen LogP contribution in [0.4, 0.5) is 0 Å². The van der Waals surface area contributed by atoms with E-state index in [1.54, 1.807) is 0 Å². The molecule has 1 heterocycles. The zero-order chi connectivity index (χ0) is 26.9. The van der Waals surface area contributed by atoms with Crippen LogP contribution in [0.1, 0.15) is 46.6 Å². The molecule has 1 aliphatic carbocycles. The highest BCUT2D eigenvalue weighted by atomic mass is 32.2. The second-order valence-corrected chi connectivity index (χ2v) is 12.8. The second-order valence-electron chi connectivity index (χ2n) is 10.6. The Balaban J connectivity index is 1.28. The van der Waals surface area contributed by atoms with Crippen molar-refractivity contribution in [3.05, 3.63) is 82.4 Å². The molecule has 0 bridgehead atoms. The monoisotopic (exact) mass is 534 g/mol. The molecular weight excluding hydrogens is 500 g/mol. The highest BCUT2D eigenvalue weighted by Gasteiger charge is 2.43. The van der Waals surface area contributed by atoms with Gasteiger partial charge < -0.3 is 14.6 Å². The van der Waals surface area contributed by atoms with E-state index >= 15 is 0 Å². The molecule has 38 heavy (non-hydrogen) atoms. The fraction of sp³-hybridized carbons (Fsp3) is 0.387.